The first-order valence-electron chi connectivity index (χ1n) is 8.41. The van der Waals surface area contributed by atoms with E-state index >= 15 is 0 Å². The summed E-state index contributed by atoms with van der Waals surface area (Å²) in [4.78, 5) is 24.9. The van der Waals surface area contributed by atoms with Crippen LogP contribution in [-0.4, -0.2) is 48.2 Å². The van der Waals surface area contributed by atoms with E-state index in [0.29, 0.717) is 32.5 Å². The highest BCUT2D eigenvalue weighted by atomic mass is 35.5. The number of rotatable bonds is 9. The number of hydrogen-bond acceptors (Lipinski definition) is 8. The summed E-state index contributed by atoms with van der Waals surface area (Å²) in [5.41, 5.74) is 0.296. The van der Waals surface area contributed by atoms with Crippen LogP contribution in [0.15, 0.2) is 33.4 Å². The van der Waals surface area contributed by atoms with Gasteiger partial charge in [-0.15, -0.1) is 11.3 Å². The molecule has 9 nitrogen and oxygen atoms in total. The highest BCUT2D eigenvalue weighted by Gasteiger charge is 2.25. The molecule has 0 spiro atoms. The van der Waals surface area contributed by atoms with Crippen LogP contribution in [0.1, 0.15) is 15.2 Å². The lowest BCUT2D eigenvalue weighted by Crippen LogP contribution is -2.37. The van der Waals surface area contributed by atoms with Gasteiger partial charge in [0.1, 0.15) is 5.75 Å². The molecule has 0 unspecified atom stereocenters. The van der Waals surface area contributed by atoms with E-state index in [1.54, 1.807) is 18.2 Å². The maximum Gasteiger partial charge on any atom is 0.328 e. The molecule has 3 N–H and O–H groups in total. The van der Waals surface area contributed by atoms with Crippen LogP contribution in [0.2, 0.25) is 5.02 Å². The lowest BCUT2D eigenvalue weighted by Gasteiger charge is -2.09. The number of carbonyl (C=O) groups is 2. The monoisotopic (exact) mass is 493 g/mol. The van der Waals surface area contributed by atoms with Crippen LogP contribution in [0.5, 0.6) is 5.75 Å². The largest absolute Gasteiger partial charge is 0.496 e. The van der Waals surface area contributed by atoms with Gasteiger partial charge in [0.25, 0.3) is 15.9 Å². The van der Waals surface area contributed by atoms with Crippen LogP contribution in [-0.2, 0) is 20.6 Å². The topological polar surface area (TPSA) is 123 Å². The van der Waals surface area contributed by atoms with Crippen molar-refractivity contribution in [2.24, 2.45) is 0 Å². The van der Waals surface area contributed by atoms with Gasteiger partial charge in [0.05, 0.1) is 24.7 Å². The quantitative estimate of drug-likeness (QED) is 0.459. The van der Waals surface area contributed by atoms with E-state index in [9.17, 15) is 18.0 Å². The molecular formula is C17H20ClN3O6S3. The smallest absolute Gasteiger partial charge is 0.328 e. The van der Waals surface area contributed by atoms with E-state index in [-0.39, 0.29) is 16.7 Å². The highest BCUT2D eigenvalue weighted by Crippen LogP contribution is 2.35. The third-order valence-corrected chi connectivity index (χ3v) is 7.87. The van der Waals surface area contributed by atoms with Crippen LogP contribution in [0.4, 0.5) is 4.79 Å². The number of benzene rings is 1. The number of nitrogens with one attached hydrogen (secondary N) is 3. The third-order valence-electron chi connectivity index (χ3n) is 3.65. The number of ether oxygens (including phenoxy) is 1. The van der Waals surface area contributed by atoms with Gasteiger partial charge in [0.2, 0.25) is 0 Å². The normalized spacial score (nSPS) is 11.1. The second-order valence-electron chi connectivity index (χ2n) is 5.65. The molecule has 0 aliphatic carbocycles. The van der Waals surface area contributed by atoms with Crippen molar-refractivity contribution >= 4 is 56.9 Å². The second kappa shape index (κ2) is 10.9. The van der Waals surface area contributed by atoms with Crippen molar-refractivity contribution in [3.63, 3.8) is 0 Å². The van der Waals surface area contributed by atoms with Crippen molar-refractivity contribution in [3.8, 4) is 5.75 Å². The third kappa shape index (κ3) is 6.25. The van der Waals surface area contributed by atoms with Crippen molar-refractivity contribution in [3.05, 3.63) is 39.7 Å². The number of methoxy groups -OCH3 is 1. The predicted octanol–water partition coefficient (Wildman–Crippen LogP) is 2.65. The molecule has 1 aromatic heterocycles. The summed E-state index contributed by atoms with van der Waals surface area (Å²) in [6, 6.07) is 5.52. The van der Waals surface area contributed by atoms with E-state index in [2.05, 4.69) is 10.6 Å². The minimum absolute atomic E-state index is 0.0456. The number of hydrogen-bond donors (Lipinski definition) is 3. The van der Waals surface area contributed by atoms with Gasteiger partial charge >= 0.3 is 6.03 Å². The maximum absolute atomic E-state index is 12.5. The summed E-state index contributed by atoms with van der Waals surface area (Å²) in [5.74, 6) is 0.0204. The van der Waals surface area contributed by atoms with E-state index in [4.69, 9.17) is 20.5 Å². The zero-order chi connectivity index (χ0) is 22.3. The Hall–Kier alpha value is -1.99. The first kappa shape index (κ1) is 24.3. The second-order valence-corrected chi connectivity index (χ2v) is 10.0. The molecular weight excluding hydrogens is 474 g/mol. The summed E-state index contributed by atoms with van der Waals surface area (Å²) < 4.78 is 36.9. The van der Waals surface area contributed by atoms with Crippen LogP contribution in [0, 0.1) is 0 Å². The molecule has 2 aromatic rings. The first-order chi connectivity index (χ1) is 14.2. The SMILES string of the molecule is CNC(=O)NS(=O)(=O)c1sc(CCNC(=O)c2cc(Cl)ccc2OC)cc1SOC. The predicted molar refractivity (Wildman–Crippen MR) is 116 cm³/mol. The Morgan fingerprint density at radius 3 is 2.60 bits per heavy atom. The zero-order valence-electron chi connectivity index (χ0n) is 16.3. The van der Waals surface area contributed by atoms with Gasteiger partial charge < -0.3 is 19.6 Å². The molecule has 13 heteroatoms. The minimum Gasteiger partial charge on any atom is -0.496 e. The summed E-state index contributed by atoms with van der Waals surface area (Å²) in [7, 11) is 0.108. The van der Waals surface area contributed by atoms with Crippen molar-refractivity contribution in [2.75, 3.05) is 27.8 Å². The number of halogens is 1. The Bertz CT molecular complexity index is 1030. The van der Waals surface area contributed by atoms with Crippen LogP contribution in [0.3, 0.4) is 0 Å². The molecule has 2 rings (SSSR count). The van der Waals surface area contributed by atoms with Gasteiger partial charge in [-0.1, -0.05) is 11.6 Å². The number of thiophene rings is 1. The first-order valence-corrected chi connectivity index (χ1v) is 11.8. The highest BCUT2D eigenvalue weighted by molar-refractivity contribution is 7.97. The molecule has 30 heavy (non-hydrogen) atoms. The Morgan fingerprint density at radius 2 is 1.97 bits per heavy atom. The lowest BCUT2D eigenvalue weighted by atomic mass is 10.2. The van der Waals surface area contributed by atoms with E-state index in [0.717, 1.165) is 23.4 Å². The van der Waals surface area contributed by atoms with Crippen molar-refractivity contribution in [1.29, 1.82) is 0 Å². The Kier molecular flexibility index (Phi) is 8.79. The van der Waals surface area contributed by atoms with E-state index in [1.165, 1.54) is 27.3 Å². The molecule has 0 aliphatic heterocycles. The van der Waals surface area contributed by atoms with Gasteiger partial charge in [-0.2, -0.15) is 0 Å². The Morgan fingerprint density at radius 1 is 1.23 bits per heavy atom. The molecule has 0 bridgehead atoms. The zero-order valence-corrected chi connectivity index (χ0v) is 19.5. The number of sulfonamides is 1. The molecule has 0 fully saturated rings. The Balaban J connectivity index is 2.12. The standard InChI is InChI=1S/C17H20ClN3O6S3/c1-19-17(23)21-30(24,25)16-14(29-27-3)9-11(28-16)6-7-20-15(22)12-8-10(18)4-5-13(12)26-2/h4-5,8-9H,6-7H2,1-3H3,(H,20,22)(H2,19,21,23). The fraction of sp³-hybridized carbons (Fsp3) is 0.294. The molecule has 3 amide bonds. The minimum atomic E-state index is -4.06. The van der Waals surface area contributed by atoms with Crippen molar-refractivity contribution < 1.29 is 26.9 Å². The Labute approximate surface area is 187 Å². The van der Waals surface area contributed by atoms with E-state index < -0.39 is 16.1 Å². The van der Waals surface area contributed by atoms with Gasteiger partial charge in [0, 0.05) is 35.5 Å². The molecule has 0 saturated carbocycles. The fourth-order valence-corrected chi connectivity index (χ4v) is 6.10. The van der Waals surface area contributed by atoms with Crippen molar-refractivity contribution in [2.45, 2.75) is 15.5 Å². The molecule has 0 aliphatic rings. The van der Waals surface area contributed by atoms with Crippen LogP contribution < -0.4 is 20.1 Å². The molecule has 0 saturated heterocycles. The van der Waals surface area contributed by atoms with Crippen LogP contribution >= 0.6 is 35.0 Å². The number of amides is 3. The average Bonchev–Trinajstić information content (AvgIpc) is 3.11. The summed E-state index contributed by atoms with van der Waals surface area (Å²) in [6.07, 6.45) is 0.367. The van der Waals surface area contributed by atoms with Crippen molar-refractivity contribution in [1.82, 2.24) is 15.4 Å². The van der Waals surface area contributed by atoms with Gasteiger partial charge in [0.15, 0.2) is 4.21 Å². The molecule has 164 valence electrons. The number of carbonyl (C=O) groups excluding carboxylic acids is 2. The molecule has 0 atom stereocenters. The van der Waals surface area contributed by atoms with Gasteiger partial charge in [-0.25, -0.2) is 17.9 Å². The summed E-state index contributed by atoms with van der Waals surface area (Å²) in [5, 5.41) is 5.35. The maximum atomic E-state index is 12.5. The molecule has 1 aromatic carbocycles. The van der Waals surface area contributed by atoms with Gasteiger partial charge in [-0.05, 0) is 30.7 Å². The average molecular weight is 494 g/mol. The number of urea groups is 1. The lowest BCUT2D eigenvalue weighted by molar-refractivity contribution is 0.0951. The molecule has 0 radical (unpaired) electrons. The van der Waals surface area contributed by atoms with E-state index in [1.807, 2.05) is 4.72 Å². The summed E-state index contributed by atoms with van der Waals surface area (Å²) in [6.45, 7) is 0.245. The van der Waals surface area contributed by atoms with Gasteiger partial charge in [-0.3, -0.25) is 4.79 Å². The molecule has 1 heterocycles. The fourth-order valence-electron chi connectivity index (χ4n) is 2.33. The summed E-state index contributed by atoms with van der Waals surface area (Å²) >= 11 is 7.80. The van der Waals surface area contributed by atoms with Crippen LogP contribution in [0.25, 0.3) is 0 Å².